The van der Waals surface area contributed by atoms with E-state index in [1.165, 1.54) is 19.3 Å². The summed E-state index contributed by atoms with van der Waals surface area (Å²) in [4.78, 5) is 14.7. The van der Waals surface area contributed by atoms with Crippen LogP contribution >= 0.6 is 11.8 Å². The molecular weight excluding hydrogens is 300 g/mol. The van der Waals surface area contributed by atoms with Gasteiger partial charge in [-0.15, -0.1) is 0 Å². The molecule has 2 unspecified atom stereocenters. The molecule has 0 saturated carbocycles. The van der Waals surface area contributed by atoms with Crippen LogP contribution in [-0.4, -0.2) is 52.7 Å². The third-order valence-corrected chi connectivity index (χ3v) is 5.76. The minimum Gasteiger partial charge on any atom is -0.468 e. The largest absolute Gasteiger partial charge is 0.468 e. The van der Waals surface area contributed by atoms with E-state index in [0.29, 0.717) is 18.7 Å². The Bertz CT molecular complexity index is 480. The molecular formula is C16H24N2O3S. The third-order valence-electron chi connectivity index (χ3n) is 4.58. The van der Waals surface area contributed by atoms with Gasteiger partial charge in [-0.25, -0.2) is 0 Å². The van der Waals surface area contributed by atoms with Gasteiger partial charge in [0.25, 0.3) is 5.91 Å². The summed E-state index contributed by atoms with van der Waals surface area (Å²) in [7, 11) is 0. The molecule has 122 valence electrons. The molecule has 2 saturated heterocycles. The Hall–Kier alpha value is -0.980. The lowest BCUT2D eigenvalue weighted by atomic mass is 10.0. The summed E-state index contributed by atoms with van der Waals surface area (Å²) >= 11 is 1.63. The number of piperidine rings is 1. The highest BCUT2D eigenvalue weighted by molar-refractivity contribution is 7.99. The molecule has 0 aliphatic carbocycles. The molecule has 6 heteroatoms. The highest BCUT2D eigenvalue weighted by atomic mass is 32.2. The quantitative estimate of drug-likeness (QED) is 0.864. The van der Waals surface area contributed by atoms with E-state index < -0.39 is 5.60 Å². The first-order valence-electron chi connectivity index (χ1n) is 8.05. The number of rotatable bonds is 5. The van der Waals surface area contributed by atoms with Gasteiger partial charge in [0.1, 0.15) is 5.76 Å². The van der Waals surface area contributed by atoms with Crippen LogP contribution in [-0.2, 0) is 4.79 Å². The second-order valence-corrected chi connectivity index (χ2v) is 7.28. The molecule has 0 spiro atoms. The van der Waals surface area contributed by atoms with E-state index in [1.807, 2.05) is 12.1 Å². The zero-order valence-electron chi connectivity index (χ0n) is 12.8. The van der Waals surface area contributed by atoms with Crippen LogP contribution in [0.5, 0.6) is 0 Å². The average molecular weight is 324 g/mol. The molecule has 1 aromatic rings. The Kier molecular flexibility index (Phi) is 5.10. The first-order chi connectivity index (χ1) is 10.7. The van der Waals surface area contributed by atoms with E-state index in [1.54, 1.807) is 18.0 Å². The molecule has 2 aliphatic rings. The predicted octanol–water partition coefficient (Wildman–Crippen LogP) is 1.79. The van der Waals surface area contributed by atoms with E-state index in [-0.39, 0.29) is 11.9 Å². The number of likely N-dealkylation sites (tertiary alicyclic amines) is 1. The monoisotopic (exact) mass is 324 g/mol. The van der Waals surface area contributed by atoms with Crippen LogP contribution in [0.3, 0.4) is 0 Å². The van der Waals surface area contributed by atoms with Crippen molar-refractivity contribution in [2.75, 3.05) is 31.1 Å². The van der Waals surface area contributed by atoms with E-state index in [9.17, 15) is 9.90 Å². The molecule has 0 aromatic carbocycles. The number of carbonyl (C=O) groups excluding carboxylic acids is 1. The van der Waals surface area contributed by atoms with Crippen molar-refractivity contribution in [2.24, 2.45) is 0 Å². The van der Waals surface area contributed by atoms with Crippen LogP contribution in [0.1, 0.15) is 37.5 Å². The van der Waals surface area contributed by atoms with Crippen molar-refractivity contribution in [3.63, 3.8) is 0 Å². The summed E-state index contributed by atoms with van der Waals surface area (Å²) in [5.41, 5.74) is -1.19. The number of hydrogen-bond acceptors (Lipinski definition) is 5. The summed E-state index contributed by atoms with van der Waals surface area (Å²) in [6.45, 7) is 2.54. The molecule has 1 aromatic heterocycles. The maximum absolute atomic E-state index is 12.3. The molecule has 2 fully saturated rings. The fraction of sp³-hybridized carbons (Fsp3) is 0.688. The van der Waals surface area contributed by atoms with Crippen molar-refractivity contribution in [1.82, 2.24) is 10.2 Å². The Labute approximate surface area is 135 Å². The molecule has 2 aliphatic heterocycles. The lowest BCUT2D eigenvalue weighted by molar-refractivity contribution is -0.137. The number of hydrogen-bond donors (Lipinski definition) is 2. The van der Waals surface area contributed by atoms with Crippen LogP contribution in [0, 0.1) is 0 Å². The van der Waals surface area contributed by atoms with Gasteiger partial charge in [0.05, 0.1) is 12.3 Å². The van der Waals surface area contributed by atoms with Gasteiger partial charge in [0, 0.05) is 12.3 Å². The minimum atomic E-state index is -1.19. The van der Waals surface area contributed by atoms with E-state index in [2.05, 4.69) is 10.2 Å². The maximum atomic E-state index is 12.3. The number of nitrogens with zero attached hydrogens (tertiary/aromatic N) is 1. The van der Waals surface area contributed by atoms with E-state index >= 15 is 0 Å². The summed E-state index contributed by atoms with van der Waals surface area (Å²) < 4.78 is 5.57. The fourth-order valence-electron chi connectivity index (χ4n) is 3.21. The molecule has 0 bridgehead atoms. The molecule has 1 amide bonds. The Morgan fingerprint density at radius 1 is 1.45 bits per heavy atom. The standard InChI is InChI=1S/C16H24N2O3S/c19-15(16(20)6-10-22-12-16)17-11-13(14-5-4-9-21-14)18-7-2-1-3-8-18/h4-5,9,13,20H,1-3,6-8,10-12H2,(H,17,19). The topological polar surface area (TPSA) is 65.7 Å². The first kappa shape index (κ1) is 15.9. The zero-order valence-corrected chi connectivity index (χ0v) is 13.6. The van der Waals surface area contributed by atoms with Gasteiger partial charge in [-0.2, -0.15) is 11.8 Å². The van der Waals surface area contributed by atoms with Crippen molar-refractivity contribution >= 4 is 17.7 Å². The van der Waals surface area contributed by atoms with Gasteiger partial charge >= 0.3 is 0 Å². The van der Waals surface area contributed by atoms with Crippen molar-refractivity contribution < 1.29 is 14.3 Å². The molecule has 2 atom stereocenters. The van der Waals surface area contributed by atoms with Gasteiger partial charge in [-0.05, 0) is 50.2 Å². The maximum Gasteiger partial charge on any atom is 0.252 e. The Balaban J connectivity index is 1.64. The van der Waals surface area contributed by atoms with Crippen LogP contribution in [0.4, 0.5) is 0 Å². The van der Waals surface area contributed by atoms with Crippen molar-refractivity contribution in [2.45, 2.75) is 37.3 Å². The van der Waals surface area contributed by atoms with Crippen molar-refractivity contribution in [3.8, 4) is 0 Å². The number of carbonyl (C=O) groups is 1. The lowest BCUT2D eigenvalue weighted by Gasteiger charge is -2.34. The van der Waals surface area contributed by atoms with Gasteiger partial charge in [-0.3, -0.25) is 9.69 Å². The highest BCUT2D eigenvalue weighted by Gasteiger charge is 2.39. The second kappa shape index (κ2) is 7.06. The average Bonchev–Trinajstić information content (AvgIpc) is 3.21. The number of aliphatic hydroxyl groups is 1. The van der Waals surface area contributed by atoms with Crippen LogP contribution < -0.4 is 5.32 Å². The number of nitrogens with one attached hydrogen (secondary N) is 1. The summed E-state index contributed by atoms with van der Waals surface area (Å²) in [6, 6.07) is 3.90. The molecule has 5 nitrogen and oxygen atoms in total. The van der Waals surface area contributed by atoms with Crippen LogP contribution in [0.2, 0.25) is 0 Å². The van der Waals surface area contributed by atoms with Gasteiger partial charge in [0.15, 0.2) is 5.60 Å². The van der Waals surface area contributed by atoms with Gasteiger partial charge in [0.2, 0.25) is 0 Å². The SMILES string of the molecule is O=C(NCC(c1ccco1)N1CCCCC1)C1(O)CCSC1. The van der Waals surface area contributed by atoms with Crippen LogP contribution in [0.25, 0.3) is 0 Å². The Morgan fingerprint density at radius 3 is 2.91 bits per heavy atom. The zero-order chi connectivity index (χ0) is 15.4. The smallest absolute Gasteiger partial charge is 0.252 e. The fourth-order valence-corrected chi connectivity index (χ4v) is 4.45. The number of amides is 1. The third kappa shape index (κ3) is 3.50. The second-order valence-electron chi connectivity index (χ2n) is 6.17. The number of furan rings is 1. The molecule has 2 N–H and O–H groups in total. The molecule has 0 radical (unpaired) electrons. The van der Waals surface area contributed by atoms with E-state index in [4.69, 9.17) is 4.42 Å². The molecule has 3 rings (SSSR count). The summed E-state index contributed by atoms with van der Waals surface area (Å²) in [5, 5.41) is 13.3. The Morgan fingerprint density at radius 2 is 2.27 bits per heavy atom. The van der Waals surface area contributed by atoms with Crippen molar-refractivity contribution in [3.05, 3.63) is 24.2 Å². The summed E-state index contributed by atoms with van der Waals surface area (Å²) in [5.74, 6) is 1.98. The minimum absolute atomic E-state index is 0.0527. The molecule has 22 heavy (non-hydrogen) atoms. The first-order valence-corrected chi connectivity index (χ1v) is 9.20. The van der Waals surface area contributed by atoms with Gasteiger partial charge < -0.3 is 14.8 Å². The highest BCUT2D eigenvalue weighted by Crippen LogP contribution is 2.29. The lowest BCUT2D eigenvalue weighted by Crippen LogP contribution is -2.49. The molecule has 3 heterocycles. The van der Waals surface area contributed by atoms with Crippen LogP contribution in [0.15, 0.2) is 22.8 Å². The predicted molar refractivity (Wildman–Crippen MR) is 86.8 cm³/mol. The van der Waals surface area contributed by atoms with Crippen molar-refractivity contribution in [1.29, 1.82) is 0 Å². The normalized spacial score (nSPS) is 27.7. The summed E-state index contributed by atoms with van der Waals surface area (Å²) in [6.07, 6.45) is 5.86. The van der Waals surface area contributed by atoms with E-state index in [0.717, 1.165) is 24.6 Å². The number of thioether (sulfide) groups is 1. The van der Waals surface area contributed by atoms with Gasteiger partial charge in [-0.1, -0.05) is 6.42 Å².